The molecule has 1 aliphatic carbocycles. The Hall–Kier alpha value is -2.86. The van der Waals surface area contributed by atoms with Gasteiger partial charge in [-0.05, 0) is 73.9 Å². The molecule has 0 atom stereocenters. The van der Waals surface area contributed by atoms with Crippen LogP contribution in [0.25, 0.3) is 0 Å². The summed E-state index contributed by atoms with van der Waals surface area (Å²) in [5.74, 6) is -0.0845. The maximum atomic E-state index is 12.6. The Balaban J connectivity index is 1.30. The van der Waals surface area contributed by atoms with E-state index in [0.717, 1.165) is 37.2 Å². The van der Waals surface area contributed by atoms with Crippen molar-refractivity contribution >= 4 is 23.1 Å². The van der Waals surface area contributed by atoms with Gasteiger partial charge in [0.25, 0.3) is 0 Å². The number of carbonyl (C=O) groups is 2. The second-order valence-electron chi connectivity index (χ2n) is 7.61. The number of thiophene rings is 1. The molecule has 2 aromatic heterocycles. The maximum Gasteiger partial charge on any atom is 0.344 e. The molecule has 0 amide bonds. The van der Waals surface area contributed by atoms with Gasteiger partial charge in [0, 0.05) is 21.8 Å². The smallest absolute Gasteiger partial charge is 0.344 e. The zero-order valence-electron chi connectivity index (χ0n) is 17.3. The van der Waals surface area contributed by atoms with Crippen molar-refractivity contribution in [2.45, 2.75) is 39.7 Å². The molecule has 3 aromatic rings. The normalized spacial score (nSPS) is 12.6. The van der Waals surface area contributed by atoms with Crippen LogP contribution in [0.5, 0.6) is 5.75 Å². The number of Topliss-reactive ketones (excluding diaryl/α,β-unsaturated/α-hetero) is 1. The molecule has 30 heavy (non-hydrogen) atoms. The Kier molecular flexibility index (Phi) is 6.04. The Bertz CT molecular complexity index is 1070. The standard InChI is InChI=1S/C24H25NO4S/c1-16-11-22(17(2)25(16)13-21-7-4-10-30-21)23(26)14-29-24(27)15-28-20-9-8-18-5-3-6-19(18)12-20/h4,7-12H,3,5-6,13-15H2,1-2H3. The molecule has 0 N–H and O–H groups in total. The minimum atomic E-state index is -0.545. The summed E-state index contributed by atoms with van der Waals surface area (Å²) in [7, 11) is 0. The average Bonchev–Trinajstić information content (AvgIpc) is 3.47. The van der Waals surface area contributed by atoms with Crippen LogP contribution in [0.3, 0.4) is 0 Å². The molecule has 1 aromatic carbocycles. The summed E-state index contributed by atoms with van der Waals surface area (Å²) in [4.78, 5) is 25.9. The summed E-state index contributed by atoms with van der Waals surface area (Å²) < 4.78 is 12.8. The van der Waals surface area contributed by atoms with Gasteiger partial charge in [0.2, 0.25) is 5.78 Å². The topological polar surface area (TPSA) is 57.5 Å². The second kappa shape index (κ2) is 8.88. The fourth-order valence-electron chi connectivity index (χ4n) is 3.93. The second-order valence-corrected chi connectivity index (χ2v) is 8.64. The molecular weight excluding hydrogens is 398 g/mol. The van der Waals surface area contributed by atoms with Crippen molar-refractivity contribution in [2.24, 2.45) is 0 Å². The molecule has 1 aliphatic rings. The predicted octanol–water partition coefficient (Wildman–Crippen LogP) is 4.51. The number of aryl methyl sites for hydroxylation is 3. The molecule has 0 saturated heterocycles. The molecule has 0 bridgehead atoms. The first-order valence-electron chi connectivity index (χ1n) is 10.1. The fraction of sp³-hybridized carbons (Fsp3) is 0.333. The lowest BCUT2D eigenvalue weighted by molar-refractivity contribution is -0.144. The molecule has 0 unspecified atom stereocenters. The van der Waals surface area contributed by atoms with Crippen LogP contribution < -0.4 is 4.74 Å². The van der Waals surface area contributed by atoms with Crippen molar-refractivity contribution in [3.8, 4) is 5.75 Å². The van der Waals surface area contributed by atoms with Gasteiger partial charge in [-0.1, -0.05) is 12.1 Å². The van der Waals surface area contributed by atoms with E-state index in [0.29, 0.717) is 11.3 Å². The van der Waals surface area contributed by atoms with Crippen LogP contribution >= 0.6 is 11.3 Å². The SMILES string of the molecule is Cc1cc(C(=O)COC(=O)COc2ccc3c(c2)CCC3)c(C)n1Cc1cccs1. The highest BCUT2D eigenvalue weighted by molar-refractivity contribution is 7.09. The lowest BCUT2D eigenvalue weighted by Crippen LogP contribution is -2.20. The van der Waals surface area contributed by atoms with E-state index < -0.39 is 5.97 Å². The summed E-state index contributed by atoms with van der Waals surface area (Å²) in [6.45, 7) is 4.15. The third-order valence-electron chi connectivity index (χ3n) is 5.56. The molecule has 4 rings (SSSR count). The van der Waals surface area contributed by atoms with Crippen LogP contribution in [0.2, 0.25) is 0 Å². The van der Waals surface area contributed by atoms with Crippen LogP contribution in [0, 0.1) is 13.8 Å². The highest BCUT2D eigenvalue weighted by atomic mass is 32.1. The average molecular weight is 424 g/mol. The molecule has 2 heterocycles. The minimum absolute atomic E-state index is 0.202. The van der Waals surface area contributed by atoms with Crippen LogP contribution in [-0.4, -0.2) is 29.5 Å². The van der Waals surface area contributed by atoms with E-state index in [1.165, 1.54) is 16.0 Å². The monoisotopic (exact) mass is 423 g/mol. The summed E-state index contributed by atoms with van der Waals surface area (Å²) in [5, 5.41) is 2.04. The summed E-state index contributed by atoms with van der Waals surface area (Å²) in [6, 6.07) is 11.9. The van der Waals surface area contributed by atoms with Crippen molar-refractivity contribution in [3.63, 3.8) is 0 Å². The van der Waals surface area contributed by atoms with Gasteiger partial charge in [0.15, 0.2) is 13.2 Å². The largest absolute Gasteiger partial charge is 0.482 e. The zero-order chi connectivity index (χ0) is 21.1. The van der Waals surface area contributed by atoms with Gasteiger partial charge in [-0.15, -0.1) is 11.3 Å². The molecule has 156 valence electrons. The zero-order valence-corrected chi connectivity index (χ0v) is 18.1. The van der Waals surface area contributed by atoms with Crippen LogP contribution in [0.15, 0.2) is 41.8 Å². The number of hydrogen-bond donors (Lipinski definition) is 0. The Morgan fingerprint density at radius 1 is 1.07 bits per heavy atom. The molecule has 0 spiro atoms. The number of fused-ring (bicyclic) bond motifs is 1. The molecular formula is C24H25NO4S. The van der Waals surface area contributed by atoms with E-state index in [1.807, 2.05) is 43.5 Å². The van der Waals surface area contributed by atoms with Gasteiger partial charge in [0.05, 0.1) is 6.54 Å². The van der Waals surface area contributed by atoms with Crippen molar-refractivity contribution in [3.05, 3.63) is 74.7 Å². The summed E-state index contributed by atoms with van der Waals surface area (Å²) in [6.07, 6.45) is 3.32. The first-order chi connectivity index (χ1) is 14.5. The molecule has 6 heteroatoms. The predicted molar refractivity (Wildman–Crippen MR) is 117 cm³/mol. The third kappa shape index (κ3) is 4.49. The quantitative estimate of drug-likeness (QED) is 0.395. The molecule has 0 radical (unpaired) electrons. The van der Waals surface area contributed by atoms with Crippen LogP contribution in [0.1, 0.15) is 44.2 Å². The number of rotatable bonds is 8. The Morgan fingerprint density at radius 3 is 2.70 bits per heavy atom. The van der Waals surface area contributed by atoms with Crippen molar-refractivity contribution in [1.82, 2.24) is 4.57 Å². The number of esters is 1. The molecule has 0 fully saturated rings. The van der Waals surface area contributed by atoms with E-state index in [1.54, 1.807) is 11.3 Å². The molecule has 0 aliphatic heterocycles. The van der Waals surface area contributed by atoms with E-state index >= 15 is 0 Å². The first kappa shape index (κ1) is 20.4. The number of benzene rings is 1. The summed E-state index contributed by atoms with van der Waals surface area (Å²) >= 11 is 1.69. The number of aromatic nitrogens is 1. The van der Waals surface area contributed by atoms with E-state index in [4.69, 9.17) is 9.47 Å². The van der Waals surface area contributed by atoms with E-state index in [9.17, 15) is 9.59 Å². The maximum absolute atomic E-state index is 12.6. The van der Waals surface area contributed by atoms with E-state index in [2.05, 4.69) is 16.7 Å². The van der Waals surface area contributed by atoms with Crippen molar-refractivity contribution in [2.75, 3.05) is 13.2 Å². The van der Waals surface area contributed by atoms with Gasteiger partial charge < -0.3 is 14.0 Å². The number of ether oxygens (including phenoxy) is 2. The lowest BCUT2D eigenvalue weighted by atomic mass is 10.1. The van der Waals surface area contributed by atoms with Crippen LogP contribution in [0.4, 0.5) is 0 Å². The number of nitrogens with zero attached hydrogens (tertiary/aromatic N) is 1. The third-order valence-corrected chi connectivity index (χ3v) is 6.42. The van der Waals surface area contributed by atoms with Crippen molar-refractivity contribution < 1.29 is 19.1 Å². The first-order valence-corrected chi connectivity index (χ1v) is 11.0. The summed E-state index contributed by atoms with van der Waals surface area (Å²) in [5.41, 5.74) is 5.13. The van der Waals surface area contributed by atoms with Gasteiger partial charge >= 0.3 is 5.97 Å². The Morgan fingerprint density at radius 2 is 1.90 bits per heavy atom. The van der Waals surface area contributed by atoms with Gasteiger partial charge in [-0.25, -0.2) is 4.79 Å². The number of hydrogen-bond acceptors (Lipinski definition) is 5. The minimum Gasteiger partial charge on any atom is -0.482 e. The molecule has 5 nitrogen and oxygen atoms in total. The highest BCUT2D eigenvalue weighted by Crippen LogP contribution is 2.26. The number of carbonyl (C=O) groups excluding carboxylic acids is 2. The van der Waals surface area contributed by atoms with E-state index in [-0.39, 0.29) is 19.0 Å². The van der Waals surface area contributed by atoms with Crippen molar-refractivity contribution in [1.29, 1.82) is 0 Å². The molecule has 0 saturated carbocycles. The van der Waals surface area contributed by atoms with Gasteiger partial charge in [-0.3, -0.25) is 4.79 Å². The highest BCUT2D eigenvalue weighted by Gasteiger charge is 2.18. The fourth-order valence-corrected chi connectivity index (χ4v) is 4.62. The van der Waals surface area contributed by atoms with Gasteiger partial charge in [0.1, 0.15) is 5.75 Å². The number of ketones is 1. The van der Waals surface area contributed by atoms with Gasteiger partial charge in [-0.2, -0.15) is 0 Å². The van der Waals surface area contributed by atoms with Crippen LogP contribution in [-0.2, 0) is 28.9 Å². The lowest BCUT2D eigenvalue weighted by Gasteiger charge is -2.09. The Labute approximate surface area is 180 Å².